The van der Waals surface area contributed by atoms with Crippen LogP contribution in [0.15, 0.2) is 6.07 Å². The Morgan fingerprint density at radius 1 is 1.24 bits per heavy atom. The van der Waals surface area contributed by atoms with Crippen molar-refractivity contribution in [2.45, 2.75) is 13.0 Å². The average Bonchev–Trinajstić information content (AvgIpc) is 2.35. The van der Waals surface area contributed by atoms with Crippen LogP contribution in [0.1, 0.15) is 6.92 Å². The van der Waals surface area contributed by atoms with Gasteiger partial charge in [0.1, 0.15) is 0 Å². The third-order valence-electron chi connectivity index (χ3n) is 2.53. The Kier molecular flexibility index (Phi) is 4.96. The van der Waals surface area contributed by atoms with Crippen molar-refractivity contribution in [2.24, 2.45) is 0 Å². The summed E-state index contributed by atoms with van der Waals surface area (Å²) in [7, 11) is 7.18. The summed E-state index contributed by atoms with van der Waals surface area (Å²) in [5, 5.41) is 3.15. The van der Waals surface area contributed by atoms with E-state index in [9.17, 15) is 0 Å². The molecule has 6 nitrogen and oxygen atoms in total. The minimum atomic E-state index is 0.385. The Balaban J connectivity index is 2.70. The fourth-order valence-corrected chi connectivity index (χ4v) is 1.11. The van der Waals surface area contributed by atoms with Crippen LogP contribution >= 0.6 is 0 Å². The second-order valence-corrected chi connectivity index (χ2v) is 3.97. The molecule has 0 spiro atoms. The van der Waals surface area contributed by atoms with Gasteiger partial charge in [0, 0.05) is 12.6 Å². The van der Waals surface area contributed by atoms with Gasteiger partial charge in [0.05, 0.1) is 20.3 Å². The molecule has 0 aliphatic rings. The Labute approximate surface area is 102 Å². The highest BCUT2D eigenvalue weighted by atomic mass is 16.5. The molecular weight excluding hydrogens is 220 g/mol. The van der Waals surface area contributed by atoms with Crippen molar-refractivity contribution >= 4 is 5.95 Å². The molecule has 1 heterocycles. The summed E-state index contributed by atoms with van der Waals surface area (Å²) in [6, 6.07) is 2.02. The maximum Gasteiger partial charge on any atom is 0.229 e. The third-order valence-corrected chi connectivity index (χ3v) is 2.53. The van der Waals surface area contributed by atoms with E-state index in [4.69, 9.17) is 9.47 Å². The van der Waals surface area contributed by atoms with Crippen molar-refractivity contribution in [1.29, 1.82) is 0 Å². The number of anilines is 1. The van der Waals surface area contributed by atoms with Crippen molar-refractivity contribution < 1.29 is 9.47 Å². The van der Waals surface area contributed by atoms with Crippen LogP contribution < -0.4 is 14.8 Å². The highest BCUT2D eigenvalue weighted by Crippen LogP contribution is 2.17. The number of ether oxygens (including phenoxy) is 2. The quantitative estimate of drug-likeness (QED) is 0.795. The summed E-state index contributed by atoms with van der Waals surface area (Å²) in [4.78, 5) is 10.5. The molecule has 1 unspecified atom stereocenters. The van der Waals surface area contributed by atoms with E-state index in [0.717, 1.165) is 6.54 Å². The minimum absolute atomic E-state index is 0.385. The molecular formula is C11H20N4O2. The first-order valence-electron chi connectivity index (χ1n) is 5.44. The number of nitrogens with zero attached hydrogens (tertiary/aromatic N) is 3. The molecule has 0 saturated carbocycles. The third kappa shape index (κ3) is 4.07. The maximum absolute atomic E-state index is 5.07. The van der Waals surface area contributed by atoms with Gasteiger partial charge in [-0.2, -0.15) is 9.97 Å². The zero-order valence-electron chi connectivity index (χ0n) is 11.0. The second-order valence-electron chi connectivity index (χ2n) is 3.97. The number of methoxy groups -OCH3 is 2. The molecule has 0 aromatic carbocycles. The minimum Gasteiger partial charge on any atom is -0.481 e. The van der Waals surface area contributed by atoms with Crippen LogP contribution in [0.3, 0.4) is 0 Å². The predicted octanol–water partition coefficient (Wildman–Crippen LogP) is 0.856. The predicted molar refractivity (Wildman–Crippen MR) is 66.8 cm³/mol. The van der Waals surface area contributed by atoms with Gasteiger partial charge in [-0.15, -0.1) is 0 Å². The lowest BCUT2D eigenvalue weighted by Gasteiger charge is -2.20. The standard InChI is InChI=1S/C11H20N4O2/c1-8(15(2)3)7-12-11-13-9(16-4)6-10(14-11)17-5/h6,8H,7H2,1-5H3,(H,12,13,14). The van der Waals surface area contributed by atoms with Crippen LogP contribution in [-0.2, 0) is 0 Å². The van der Waals surface area contributed by atoms with Gasteiger partial charge in [0.2, 0.25) is 17.7 Å². The van der Waals surface area contributed by atoms with E-state index in [2.05, 4.69) is 27.1 Å². The lowest BCUT2D eigenvalue weighted by Crippen LogP contribution is -2.31. The molecule has 0 bridgehead atoms. The molecule has 0 aliphatic heterocycles. The van der Waals surface area contributed by atoms with Gasteiger partial charge >= 0.3 is 0 Å². The van der Waals surface area contributed by atoms with Crippen LogP contribution in [0.2, 0.25) is 0 Å². The first kappa shape index (κ1) is 13.5. The van der Waals surface area contributed by atoms with Crippen LogP contribution in [0.4, 0.5) is 5.95 Å². The van der Waals surface area contributed by atoms with E-state index < -0.39 is 0 Å². The Bertz CT molecular complexity index is 335. The summed E-state index contributed by atoms with van der Waals surface area (Å²) >= 11 is 0. The van der Waals surface area contributed by atoms with Gasteiger partial charge in [0.15, 0.2) is 0 Å². The summed E-state index contributed by atoms with van der Waals surface area (Å²) in [6.07, 6.45) is 0. The number of hydrogen-bond donors (Lipinski definition) is 1. The Morgan fingerprint density at radius 2 is 1.76 bits per heavy atom. The molecule has 17 heavy (non-hydrogen) atoms. The Morgan fingerprint density at radius 3 is 2.18 bits per heavy atom. The molecule has 1 aromatic heterocycles. The number of nitrogens with one attached hydrogen (secondary N) is 1. The molecule has 0 aliphatic carbocycles. The van der Waals surface area contributed by atoms with Crippen LogP contribution in [0, 0.1) is 0 Å². The van der Waals surface area contributed by atoms with E-state index in [1.54, 1.807) is 20.3 Å². The smallest absolute Gasteiger partial charge is 0.229 e. The topological polar surface area (TPSA) is 59.5 Å². The fraction of sp³-hybridized carbons (Fsp3) is 0.636. The molecule has 1 atom stereocenters. The molecule has 0 saturated heterocycles. The van der Waals surface area contributed by atoms with Gasteiger partial charge in [-0.1, -0.05) is 0 Å². The molecule has 0 fully saturated rings. The molecule has 0 amide bonds. The van der Waals surface area contributed by atoms with Gasteiger partial charge in [-0.3, -0.25) is 0 Å². The normalized spacial score (nSPS) is 12.4. The first-order valence-corrected chi connectivity index (χ1v) is 5.44. The lowest BCUT2D eigenvalue weighted by molar-refractivity contribution is 0.325. The number of hydrogen-bond acceptors (Lipinski definition) is 6. The largest absolute Gasteiger partial charge is 0.481 e. The number of likely N-dealkylation sites (N-methyl/N-ethyl adjacent to an activating group) is 1. The molecule has 0 radical (unpaired) electrons. The SMILES string of the molecule is COc1cc(OC)nc(NCC(C)N(C)C)n1. The van der Waals surface area contributed by atoms with Gasteiger partial charge in [-0.25, -0.2) is 0 Å². The maximum atomic E-state index is 5.07. The summed E-state index contributed by atoms with van der Waals surface area (Å²) in [5.74, 6) is 1.48. The van der Waals surface area contributed by atoms with Gasteiger partial charge < -0.3 is 19.7 Å². The molecule has 1 aromatic rings. The second kappa shape index (κ2) is 6.24. The summed E-state index contributed by atoms with van der Waals surface area (Å²) in [6.45, 7) is 2.87. The van der Waals surface area contributed by atoms with Crippen molar-refractivity contribution in [3.05, 3.63) is 6.07 Å². The van der Waals surface area contributed by atoms with Crippen LogP contribution in [0.5, 0.6) is 11.8 Å². The lowest BCUT2D eigenvalue weighted by atomic mass is 10.3. The highest BCUT2D eigenvalue weighted by Gasteiger charge is 2.08. The Hall–Kier alpha value is -1.56. The van der Waals surface area contributed by atoms with Crippen molar-refractivity contribution in [1.82, 2.24) is 14.9 Å². The zero-order valence-corrected chi connectivity index (χ0v) is 11.0. The van der Waals surface area contributed by atoms with Gasteiger partial charge in [0.25, 0.3) is 0 Å². The van der Waals surface area contributed by atoms with E-state index in [1.165, 1.54) is 0 Å². The van der Waals surface area contributed by atoms with E-state index in [0.29, 0.717) is 23.8 Å². The van der Waals surface area contributed by atoms with Crippen LogP contribution in [0.25, 0.3) is 0 Å². The average molecular weight is 240 g/mol. The van der Waals surface area contributed by atoms with Crippen molar-refractivity contribution in [3.63, 3.8) is 0 Å². The summed E-state index contributed by atoms with van der Waals surface area (Å²) in [5.41, 5.74) is 0. The molecule has 96 valence electrons. The van der Waals surface area contributed by atoms with Gasteiger partial charge in [-0.05, 0) is 21.0 Å². The monoisotopic (exact) mass is 240 g/mol. The number of rotatable bonds is 6. The fourth-order valence-electron chi connectivity index (χ4n) is 1.11. The highest BCUT2D eigenvalue weighted by molar-refractivity contribution is 5.33. The van der Waals surface area contributed by atoms with Crippen molar-refractivity contribution in [2.75, 3.05) is 40.2 Å². The first-order chi connectivity index (χ1) is 8.06. The molecule has 1 rings (SSSR count). The number of aromatic nitrogens is 2. The molecule has 6 heteroatoms. The van der Waals surface area contributed by atoms with E-state index in [1.807, 2.05) is 14.1 Å². The zero-order chi connectivity index (χ0) is 12.8. The molecule has 1 N–H and O–H groups in total. The van der Waals surface area contributed by atoms with E-state index in [-0.39, 0.29) is 0 Å². The van der Waals surface area contributed by atoms with Crippen LogP contribution in [-0.4, -0.2) is 55.8 Å². The van der Waals surface area contributed by atoms with E-state index >= 15 is 0 Å². The summed E-state index contributed by atoms with van der Waals surface area (Å²) < 4.78 is 10.1. The van der Waals surface area contributed by atoms with Crippen molar-refractivity contribution in [3.8, 4) is 11.8 Å².